The van der Waals surface area contributed by atoms with Crippen LogP contribution in [0.3, 0.4) is 0 Å². The van der Waals surface area contributed by atoms with Gasteiger partial charge in [0.2, 0.25) is 15.9 Å². The van der Waals surface area contributed by atoms with E-state index >= 15 is 0 Å². The van der Waals surface area contributed by atoms with Crippen molar-refractivity contribution in [1.29, 1.82) is 0 Å². The maximum absolute atomic E-state index is 12.4. The summed E-state index contributed by atoms with van der Waals surface area (Å²) in [5.74, 6) is -0.192. The fourth-order valence-corrected chi connectivity index (χ4v) is 4.14. The van der Waals surface area contributed by atoms with Crippen LogP contribution in [0.5, 0.6) is 0 Å². The van der Waals surface area contributed by atoms with E-state index in [0.717, 1.165) is 16.5 Å². The van der Waals surface area contributed by atoms with E-state index in [4.69, 9.17) is 5.73 Å². The number of aromatic nitrogens is 1. The highest BCUT2D eigenvalue weighted by Gasteiger charge is 2.27. The van der Waals surface area contributed by atoms with Crippen LogP contribution in [0.2, 0.25) is 0 Å². The van der Waals surface area contributed by atoms with E-state index in [9.17, 15) is 13.2 Å². The minimum absolute atomic E-state index is 0. The Morgan fingerprint density at radius 1 is 1.35 bits per heavy atom. The lowest BCUT2D eigenvalue weighted by Gasteiger charge is -2.31. The van der Waals surface area contributed by atoms with E-state index in [-0.39, 0.29) is 24.4 Å². The summed E-state index contributed by atoms with van der Waals surface area (Å²) in [6.45, 7) is 0.864. The van der Waals surface area contributed by atoms with E-state index in [1.165, 1.54) is 10.6 Å². The molecule has 1 aliphatic heterocycles. The number of hydrogen-bond donors (Lipinski definition) is 3. The molecule has 0 radical (unpaired) electrons. The molecule has 144 valence electrons. The van der Waals surface area contributed by atoms with Gasteiger partial charge in [-0.05, 0) is 30.9 Å². The van der Waals surface area contributed by atoms with Crippen LogP contribution in [-0.4, -0.2) is 55.0 Å². The number of halogens is 1. The zero-order valence-electron chi connectivity index (χ0n) is 14.6. The molecular weight excluding hydrogens is 376 g/mol. The van der Waals surface area contributed by atoms with Crippen molar-refractivity contribution in [2.45, 2.75) is 31.3 Å². The molecule has 1 amide bonds. The van der Waals surface area contributed by atoms with Crippen LogP contribution in [0.4, 0.5) is 0 Å². The van der Waals surface area contributed by atoms with Crippen molar-refractivity contribution in [3.63, 3.8) is 0 Å². The van der Waals surface area contributed by atoms with Crippen LogP contribution in [-0.2, 0) is 21.2 Å². The van der Waals surface area contributed by atoms with E-state index in [1.807, 2.05) is 30.5 Å². The molecule has 7 nitrogen and oxygen atoms in total. The standard InChI is InChI=1S/C17H24N4O3S.ClH/c1-25(23,24)21-8-6-13(7-9-21)20-17(22)15(18)10-12-11-19-16-5-3-2-4-14(12)16;/h2-5,11,13,15,19H,6-10,18H2,1H3,(H,20,22);1H/t15-;/m0./s1. The number of carbonyl (C=O) groups excluding carboxylic acids is 1. The first-order valence-electron chi connectivity index (χ1n) is 8.40. The third kappa shape index (κ3) is 4.76. The molecule has 0 unspecified atom stereocenters. The Balaban J connectivity index is 0.00000243. The number of rotatable bonds is 5. The maximum Gasteiger partial charge on any atom is 0.237 e. The van der Waals surface area contributed by atoms with Gasteiger partial charge in [-0.3, -0.25) is 4.79 Å². The van der Waals surface area contributed by atoms with Gasteiger partial charge in [0.25, 0.3) is 0 Å². The van der Waals surface area contributed by atoms with Gasteiger partial charge in [0.05, 0.1) is 12.3 Å². The second-order valence-electron chi connectivity index (χ2n) is 6.62. The number of H-pyrrole nitrogens is 1. The Bertz CT molecular complexity index is 860. The highest BCUT2D eigenvalue weighted by atomic mass is 35.5. The van der Waals surface area contributed by atoms with Gasteiger partial charge in [-0.1, -0.05) is 18.2 Å². The summed E-state index contributed by atoms with van der Waals surface area (Å²) in [7, 11) is -3.16. The van der Waals surface area contributed by atoms with Crippen molar-refractivity contribution >= 4 is 39.2 Å². The summed E-state index contributed by atoms with van der Waals surface area (Å²) in [5, 5.41) is 4.03. The third-order valence-corrected chi connectivity index (χ3v) is 6.02. The van der Waals surface area contributed by atoms with Crippen LogP contribution >= 0.6 is 12.4 Å². The zero-order valence-corrected chi connectivity index (χ0v) is 16.3. The second-order valence-corrected chi connectivity index (χ2v) is 8.60. The smallest absolute Gasteiger partial charge is 0.237 e. The fourth-order valence-electron chi connectivity index (χ4n) is 3.27. The first-order chi connectivity index (χ1) is 11.8. The number of carbonyl (C=O) groups is 1. The summed E-state index contributed by atoms with van der Waals surface area (Å²) in [6.07, 6.45) is 4.78. The largest absolute Gasteiger partial charge is 0.361 e. The van der Waals surface area contributed by atoms with Crippen LogP contribution in [0.1, 0.15) is 18.4 Å². The van der Waals surface area contributed by atoms with Crippen LogP contribution < -0.4 is 11.1 Å². The number of piperidine rings is 1. The number of para-hydroxylation sites is 1. The monoisotopic (exact) mass is 400 g/mol. The highest BCUT2D eigenvalue weighted by molar-refractivity contribution is 7.88. The number of hydrogen-bond acceptors (Lipinski definition) is 4. The normalized spacial score (nSPS) is 17.6. The molecule has 2 heterocycles. The lowest BCUT2D eigenvalue weighted by atomic mass is 10.0. The van der Waals surface area contributed by atoms with Crippen molar-refractivity contribution in [2.75, 3.05) is 19.3 Å². The van der Waals surface area contributed by atoms with E-state index in [1.54, 1.807) is 0 Å². The minimum Gasteiger partial charge on any atom is -0.361 e. The second kappa shape index (κ2) is 8.39. The average molecular weight is 401 g/mol. The quantitative estimate of drug-likeness (QED) is 0.695. The fraction of sp³-hybridized carbons (Fsp3) is 0.471. The maximum atomic E-state index is 12.4. The third-order valence-electron chi connectivity index (χ3n) is 4.72. The van der Waals surface area contributed by atoms with Gasteiger partial charge in [0, 0.05) is 36.2 Å². The van der Waals surface area contributed by atoms with Gasteiger partial charge in [-0.2, -0.15) is 0 Å². The summed E-state index contributed by atoms with van der Waals surface area (Å²) < 4.78 is 24.5. The molecule has 1 aliphatic rings. The number of sulfonamides is 1. The number of amides is 1. The minimum atomic E-state index is -3.16. The van der Waals surface area contributed by atoms with E-state index in [0.29, 0.717) is 32.4 Å². The Morgan fingerprint density at radius 3 is 2.65 bits per heavy atom. The number of nitrogens with zero attached hydrogens (tertiary/aromatic N) is 1. The molecule has 26 heavy (non-hydrogen) atoms. The Hall–Kier alpha value is -1.61. The summed E-state index contributed by atoms with van der Waals surface area (Å²) in [6, 6.07) is 7.25. The molecule has 1 aromatic heterocycles. The van der Waals surface area contributed by atoms with Crippen molar-refractivity contribution in [3.05, 3.63) is 36.0 Å². The Morgan fingerprint density at radius 2 is 2.00 bits per heavy atom. The SMILES string of the molecule is CS(=O)(=O)N1CCC(NC(=O)[C@@H](N)Cc2c[nH]c3ccccc23)CC1.Cl. The average Bonchev–Trinajstić information content (AvgIpc) is 2.97. The van der Waals surface area contributed by atoms with Crippen molar-refractivity contribution < 1.29 is 13.2 Å². The van der Waals surface area contributed by atoms with Crippen LogP contribution in [0.25, 0.3) is 10.9 Å². The molecule has 1 saturated heterocycles. The summed E-state index contributed by atoms with van der Waals surface area (Å²) >= 11 is 0. The molecule has 0 bridgehead atoms. The highest BCUT2D eigenvalue weighted by Crippen LogP contribution is 2.19. The molecule has 1 atom stereocenters. The summed E-state index contributed by atoms with van der Waals surface area (Å²) in [4.78, 5) is 15.6. The predicted molar refractivity (Wildman–Crippen MR) is 105 cm³/mol. The molecule has 1 aromatic carbocycles. The van der Waals surface area contributed by atoms with Crippen molar-refractivity contribution in [1.82, 2.24) is 14.6 Å². The molecule has 0 spiro atoms. The molecular formula is C17H25ClN4O3S. The Labute approximate surface area is 159 Å². The van der Waals surface area contributed by atoms with Crippen molar-refractivity contribution in [3.8, 4) is 0 Å². The number of fused-ring (bicyclic) bond motifs is 1. The predicted octanol–water partition coefficient (Wildman–Crippen LogP) is 1.000. The van der Waals surface area contributed by atoms with E-state index < -0.39 is 16.1 Å². The van der Waals surface area contributed by atoms with E-state index in [2.05, 4.69) is 10.3 Å². The lowest BCUT2D eigenvalue weighted by molar-refractivity contribution is -0.123. The van der Waals surface area contributed by atoms with Crippen LogP contribution in [0, 0.1) is 0 Å². The van der Waals surface area contributed by atoms with Gasteiger partial charge in [0.15, 0.2) is 0 Å². The zero-order chi connectivity index (χ0) is 18.0. The summed E-state index contributed by atoms with van der Waals surface area (Å²) in [5.41, 5.74) is 8.13. The van der Waals surface area contributed by atoms with Gasteiger partial charge < -0.3 is 16.0 Å². The van der Waals surface area contributed by atoms with Gasteiger partial charge in [-0.15, -0.1) is 12.4 Å². The molecule has 9 heteroatoms. The molecule has 1 fully saturated rings. The van der Waals surface area contributed by atoms with Gasteiger partial charge in [-0.25, -0.2) is 12.7 Å². The topological polar surface area (TPSA) is 108 Å². The molecule has 0 saturated carbocycles. The molecule has 2 aromatic rings. The lowest BCUT2D eigenvalue weighted by Crippen LogP contribution is -2.50. The van der Waals surface area contributed by atoms with Gasteiger partial charge in [0.1, 0.15) is 0 Å². The van der Waals surface area contributed by atoms with Gasteiger partial charge >= 0.3 is 0 Å². The molecule has 3 rings (SSSR count). The molecule has 4 N–H and O–H groups in total. The first kappa shape index (κ1) is 20.7. The number of nitrogens with two attached hydrogens (primary N) is 1. The first-order valence-corrected chi connectivity index (χ1v) is 10.3. The number of nitrogens with one attached hydrogen (secondary N) is 2. The van der Waals surface area contributed by atoms with Crippen molar-refractivity contribution in [2.24, 2.45) is 5.73 Å². The van der Waals surface area contributed by atoms with Crippen LogP contribution in [0.15, 0.2) is 30.5 Å². The number of aromatic amines is 1. The Kier molecular flexibility index (Phi) is 6.68. The molecule has 0 aliphatic carbocycles. The number of benzene rings is 1.